The lowest BCUT2D eigenvalue weighted by Gasteiger charge is -2.12. The first-order valence-electron chi connectivity index (χ1n) is 8.18. The molecule has 0 aliphatic rings. The van der Waals surface area contributed by atoms with Crippen molar-refractivity contribution in [3.63, 3.8) is 0 Å². The molecule has 1 N–H and O–H groups in total. The molecule has 1 aromatic heterocycles. The lowest BCUT2D eigenvalue weighted by molar-refractivity contribution is 0.172. The van der Waals surface area contributed by atoms with E-state index in [0.29, 0.717) is 17.4 Å². The van der Waals surface area contributed by atoms with Crippen molar-refractivity contribution < 1.29 is 9.53 Å². The van der Waals surface area contributed by atoms with Gasteiger partial charge in [0.2, 0.25) is 0 Å². The maximum atomic E-state index is 11.6. The number of carbonyl (C=O) groups is 1. The third-order valence-corrected chi connectivity index (χ3v) is 3.60. The minimum Gasteiger partial charge on any atom is -0.410 e. The normalized spacial score (nSPS) is 10.3. The number of carbonyl (C=O) groups excluding carboxylic acids is 1. The molecule has 1 heterocycles. The van der Waals surface area contributed by atoms with Crippen LogP contribution in [0, 0.1) is 6.92 Å². The highest BCUT2D eigenvalue weighted by Crippen LogP contribution is 2.23. The predicted molar refractivity (Wildman–Crippen MR) is 102 cm³/mol. The van der Waals surface area contributed by atoms with Gasteiger partial charge in [-0.15, -0.1) is 0 Å². The van der Waals surface area contributed by atoms with Crippen LogP contribution in [0.1, 0.15) is 5.82 Å². The summed E-state index contributed by atoms with van der Waals surface area (Å²) in [7, 11) is 3.28. The number of benzene rings is 2. The lowest BCUT2D eigenvalue weighted by Crippen LogP contribution is -2.25. The Kier molecular flexibility index (Phi) is 5.12. The molecule has 132 valence electrons. The average molecular weight is 348 g/mol. The van der Waals surface area contributed by atoms with Crippen molar-refractivity contribution in [3.05, 3.63) is 66.5 Å². The number of nitrogens with zero attached hydrogens (tertiary/aromatic N) is 3. The zero-order valence-corrected chi connectivity index (χ0v) is 14.9. The van der Waals surface area contributed by atoms with Crippen LogP contribution in [0.4, 0.5) is 16.3 Å². The van der Waals surface area contributed by atoms with Crippen LogP contribution in [-0.4, -0.2) is 35.1 Å². The smallest absolute Gasteiger partial charge is 0.410 e. The van der Waals surface area contributed by atoms with Crippen molar-refractivity contribution in [2.24, 2.45) is 0 Å². The van der Waals surface area contributed by atoms with Crippen molar-refractivity contribution in [3.8, 4) is 17.0 Å². The second kappa shape index (κ2) is 7.65. The van der Waals surface area contributed by atoms with E-state index in [9.17, 15) is 4.79 Å². The van der Waals surface area contributed by atoms with Gasteiger partial charge in [-0.25, -0.2) is 14.8 Å². The van der Waals surface area contributed by atoms with Crippen LogP contribution in [0.3, 0.4) is 0 Å². The minimum atomic E-state index is -0.412. The maximum Gasteiger partial charge on any atom is 0.414 e. The standard InChI is InChI=1S/C20H20N4O2/c1-14-21-18(15-7-5-4-6-8-15)13-19(22-14)23-16-9-11-17(12-10-16)26-20(25)24(2)3/h4-13H,1-3H3,(H,21,22,23). The number of ether oxygens (including phenoxy) is 1. The SMILES string of the molecule is Cc1nc(Nc2ccc(OC(=O)N(C)C)cc2)cc(-c2ccccc2)n1. The molecule has 2 aromatic carbocycles. The van der Waals surface area contributed by atoms with Crippen LogP contribution in [0.25, 0.3) is 11.3 Å². The fraction of sp³-hybridized carbons (Fsp3) is 0.150. The fourth-order valence-corrected chi connectivity index (χ4v) is 2.33. The van der Waals surface area contributed by atoms with Crippen LogP contribution in [0.15, 0.2) is 60.7 Å². The zero-order chi connectivity index (χ0) is 18.5. The summed E-state index contributed by atoms with van der Waals surface area (Å²) < 4.78 is 5.21. The van der Waals surface area contributed by atoms with E-state index in [-0.39, 0.29) is 0 Å². The molecule has 26 heavy (non-hydrogen) atoms. The summed E-state index contributed by atoms with van der Waals surface area (Å²) in [6.45, 7) is 1.86. The Morgan fingerprint density at radius 2 is 1.69 bits per heavy atom. The summed E-state index contributed by atoms with van der Waals surface area (Å²) in [6, 6.07) is 19.0. The molecular weight excluding hydrogens is 328 g/mol. The molecule has 0 spiro atoms. The number of rotatable bonds is 4. The lowest BCUT2D eigenvalue weighted by atomic mass is 10.1. The number of hydrogen-bond donors (Lipinski definition) is 1. The van der Waals surface area contributed by atoms with Crippen LogP contribution in [-0.2, 0) is 0 Å². The molecule has 0 saturated heterocycles. The van der Waals surface area contributed by atoms with E-state index in [1.807, 2.05) is 55.5 Å². The summed E-state index contributed by atoms with van der Waals surface area (Å²) in [5.74, 6) is 1.87. The summed E-state index contributed by atoms with van der Waals surface area (Å²) in [5, 5.41) is 3.26. The van der Waals surface area contributed by atoms with E-state index in [0.717, 1.165) is 16.9 Å². The number of nitrogens with one attached hydrogen (secondary N) is 1. The van der Waals surface area contributed by atoms with Gasteiger partial charge in [0.1, 0.15) is 17.4 Å². The number of aryl methyl sites for hydroxylation is 1. The second-order valence-electron chi connectivity index (χ2n) is 5.96. The third-order valence-electron chi connectivity index (χ3n) is 3.60. The topological polar surface area (TPSA) is 67.4 Å². The van der Waals surface area contributed by atoms with E-state index in [1.54, 1.807) is 26.2 Å². The first kappa shape index (κ1) is 17.4. The van der Waals surface area contributed by atoms with Gasteiger partial charge in [-0.1, -0.05) is 30.3 Å². The third kappa shape index (κ3) is 4.36. The molecule has 0 radical (unpaired) electrons. The van der Waals surface area contributed by atoms with Gasteiger partial charge >= 0.3 is 6.09 Å². The quantitative estimate of drug-likeness (QED) is 0.763. The highest BCUT2D eigenvalue weighted by Gasteiger charge is 2.07. The van der Waals surface area contributed by atoms with Gasteiger partial charge in [0.15, 0.2) is 0 Å². The molecule has 0 saturated carbocycles. The molecule has 6 heteroatoms. The van der Waals surface area contributed by atoms with Crippen LogP contribution in [0.5, 0.6) is 5.75 Å². The Morgan fingerprint density at radius 3 is 2.35 bits per heavy atom. The molecule has 0 aliphatic heterocycles. The van der Waals surface area contributed by atoms with Gasteiger partial charge in [0, 0.05) is 31.4 Å². The van der Waals surface area contributed by atoms with E-state index >= 15 is 0 Å². The van der Waals surface area contributed by atoms with Crippen molar-refractivity contribution in [1.82, 2.24) is 14.9 Å². The minimum absolute atomic E-state index is 0.412. The monoisotopic (exact) mass is 348 g/mol. The van der Waals surface area contributed by atoms with Gasteiger partial charge in [-0.3, -0.25) is 0 Å². The Labute approximate surface area is 152 Å². The van der Waals surface area contributed by atoms with E-state index < -0.39 is 6.09 Å². The van der Waals surface area contributed by atoms with Crippen LogP contribution >= 0.6 is 0 Å². The highest BCUT2D eigenvalue weighted by atomic mass is 16.6. The zero-order valence-electron chi connectivity index (χ0n) is 14.9. The molecule has 6 nitrogen and oxygen atoms in total. The average Bonchev–Trinajstić information content (AvgIpc) is 2.63. The number of amides is 1. The molecule has 1 amide bonds. The highest BCUT2D eigenvalue weighted by molar-refractivity contribution is 5.70. The van der Waals surface area contributed by atoms with Crippen molar-refractivity contribution in [2.45, 2.75) is 6.92 Å². The van der Waals surface area contributed by atoms with Crippen molar-refractivity contribution in [2.75, 3.05) is 19.4 Å². The number of anilines is 2. The van der Waals surface area contributed by atoms with Gasteiger partial charge in [0.25, 0.3) is 0 Å². The van der Waals surface area contributed by atoms with Gasteiger partial charge in [-0.05, 0) is 31.2 Å². The first-order valence-corrected chi connectivity index (χ1v) is 8.18. The summed E-state index contributed by atoms with van der Waals surface area (Å²) >= 11 is 0. The molecule has 3 aromatic rings. The van der Waals surface area contributed by atoms with E-state index in [2.05, 4.69) is 15.3 Å². The summed E-state index contributed by atoms with van der Waals surface area (Å²) in [5.41, 5.74) is 2.73. The Balaban J connectivity index is 1.77. The summed E-state index contributed by atoms with van der Waals surface area (Å²) in [4.78, 5) is 21.9. The molecule has 0 unspecified atom stereocenters. The Morgan fingerprint density at radius 1 is 1.00 bits per heavy atom. The van der Waals surface area contributed by atoms with Gasteiger partial charge in [-0.2, -0.15) is 0 Å². The Hall–Kier alpha value is -3.41. The molecule has 0 fully saturated rings. The summed E-state index contributed by atoms with van der Waals surface area (Å²) in [6.07, 6.45) is -0.412. The van der Waals surface area contributed by atoms with Crippen molar-refractivity contribution >= 4 is 17.6 Å². The molecule has 0 bridgehead atoms. The van der Waals surface area contributed by atoms with Crippen molar-refractivity contribution in [1.29, 1.82) is 0 Å². The first-order chi connectivity index (χ1) is 12.5. The molecule has 3 rings (SSSR count). The molecular formula is C20H20N4O2. The fourth-order valence-electron chi connectivity index (χ4n) is 2.33. The van der Waals surface area contributed by atoms with Gasteiger partial charge < -0.3 is 15.0 Å². The van der Waals surface area contributed by atoms with Crippen LogP contribution < -0.4 is 10.1 Å². The van der Waals surface area contributed by atoms with Gasteiger partial charge in [0.05, 0.1) is 5.69 Å². The molecule has 0 aliphatic carbocycles. The number of hydrogen-bond acceptors (Lipinski definition) is 5. The number of aromatic nitrogens is 2. The van der Waals surface area contributed by atoms with E-state index in [1.165, 1.54) is 4.90 Å². The Bertz CT molecular complexity index is 893. The van der Waals surface area contributed by atoms with E-state index in [4.69, 9.17) is 4.74 Å². The van der Waals surface area contributed by atoms with Crippen LogP contribution in [0.2, 0.25) is 0 Å². The maximum absolute atomic E-state index is 11.6. The second-order valence-corrected chi connectivity index (χ2v) is 5.96. The largest absolute Gasteiger partial charge is 0.414 e. The molecule has 0 atom stereocenters. The predicted octanol–water partition coefficient (Wildman–Crippen LogP) is 4.26.